The highest BCUT2D eigenvalue weighted by atomic mass is 35.5. The SMILES string of the molecule is C=CCn1c(SCC(=O)Nc2ccc(C)c(Cl)c2)nnc1[C@H](C)NC(=O)c1ccccc1. The summed E-state index contributed by atoms with van der Waals surface area (Å²) in [4.78, 5) is 24.9. The van der Waals surface area contributed by atoms with E-state index < -0.39 is 0 Å². The summed E-state index contributed by atoms with van der Waals surface area (Å²) in [6.45, 7) is 7.98. The van der Waals surface area contributed by atoms with Crippen molar-refractivity contribution >= 4 is 40.9 Å². The fourth-order valence-electron chi connectivity index (χ4n) is 2.96. The van der Waals surface area contributed by atoms with E-state index in [0.717, 1.165) is 5.56 Å². The molecule has 9 heteroatoms. The molecule has 2 aromatic carbocycles. The van der Waals surface area contributed by atoms with Gasteiger partial charge in [-0.25, -0.2) is 0 Å². The Balaban J connectivity index is 1.65. The Bertz CT molecular complexity index is 1120. The van der Waals surface area contributed by atoms with Gasteiger partial charge in [-0.15, -0.1) is 16.8 Å². The molecule has 0 unspecified atom stereocenters. The highest BCUT2D eigenvalue weighted by Crippen LogP contribution is 2.23. The van der Waals surface area contributed by atoms with Crippen LogP contribution in [0.15, 0.2) is 66.3 Å². The predicted octanol–water partition coefficient (Wildman–Crippen LogP) is 4.65. The van der Waals surface area contributed by atoms with Crippen LogP contribution < -0.4 is 10.6 Å². The van der Waals surface area contributed by atoms with Gasteiger partial charge in [-0.3, -0.25) is 9.59 Å². The Morgan fingerprint density at radius 1 is 1.22 bits per heavy atom. The first kappa shape index (κ1) is 23.6. The molecule has 0 aliphatic heterocycles. The molecule has 0 spiro atoms. The highest BCUT2D eigenvalue weighted by Gasteiger charge is 2.20. The van der Waals surface area contributed by atoms with Gasteiger partial charge in [0.05, 0.1) is 11.8 Å². The molecule has 2 N–H and O–H groups in total. The van der Waals surface area contributed by atoms with Crippen LogP contribution in [0.3, 0.4) is 0 Å². The molecule has 0 saturated heterocycles. The first-order valence-corrected chi connectivity index (χ1v) is 11.3. The quantitative estimate of drug-likeness (QED) is 0.352. The minimum Gasteiger partial charge on any atom is -0.342 e. The summed E-state index contributed by atoms with van der Waals surface area (Å²) in [5.41, 5.74) is 2.14. The number of halogens is 1. The number of carbonyl (C=O) groups excluding carboxylic acids is 2. The Morgan fingerprint density at radius 2 is 1.97 bits per heavy atom. The van der Waals surface area contributed by atoms with Crippen molar-refractivity contribution in [2.45, 2.75) is 31.6 Å². The Kier molecular flexibility index (Phi) is 8.08. The molecule has 0 aliphatic rings. The van der Waals surface area contributed by atoms with Crippen molar-refractivity contribution < 1.29 is 9.59 Å². The molecule has 0 fully saturated rings. The van der Waals surface area contributed by atoms with E-state index in [1.807, 2.05) is 42.7 Å². The van der Waals surface area contributed by atoms with E-state index in [9.17, 15) is 9.59 Å². The van der Waals surface area contributed by atoms with E-state index >= 15 is 0 Å². The van der Waals surface area contributed by atoms with Gasteiger partial charge in [0.2, 0.25) is 5.91 Å². The van der Waals surface area contributed by atoms with Crippen LogP contribution in [-0.4, -0.2) is 32.3 Å². The Labute approximate surface area is 196 Å². The van der Waals surface area contributed by atoms with Crippen LogP contribution in [0.2, 0.25) is 5.02 Å². The summed E-state index contributed by atoms with van der Waals surface area (Å²) in [5.74, 6) is 0.347. The summed E-state index contributed by atoms with van der Waals surface area (Å²) in [7, 11) is 0. The molecular weight excluding hydrogens is 446 g/mol. The topological polar surface area (TPSA) is 88.9 Å². The monoisotopic (exact) mass is 469 g/mol. The Hall–Kier alpha value is -3.10. The van der Waals surface area contributed by atoms with Gasteiger partial charge in [-0.05, 0) is 43.7 Å². The Morgan fingerprint density at radius 3 is 2.66 bits per heavy atom. The van der Waals surface area contributed by atoms with Gasteiger partial charge >= 0.3 is 0 Å². The number of amides is 2. The molecule has 0 saturated carbocycles. The van der Waals surface area contributed by atoms with Gasteiger partial charge < -0.3 is 15.2 Å². The molecular formula is C23H24ClN5O2S. The second-order valence-corrected chi connectivity index (χ2v) is 8.45. The average Bonchev–Trinajstić information content (AvgIpc) is 3.18. The molecule has 2 amide bonds. The lowest BCUT2D eigenvalue weighted by atomic mass is 10.2. The molecule has 1 aromatic heterocycles. The summed E-state index contributed by atoms with van der Waals surface area (Å²) in [6, 6.07) is 14.0. The van der Waals surface area contributed by atoms with Crippen molar-refractivity contribution in [1.82, 2.24) is 20.1 Å². The van der Waals surface area contributed by atoms with Crippen molar-refractivity contribution in [3.63, 3.8) is 0 Å². The molecule has 3 rings (SSSR count). The van der Waals surface area contributed by atoms with E-state index in [0.29, 0.717) is 33.8 Å². The van der Waals surface area contributed by atoms with Crippen LogP contribution in [0.25, 0.3) is 0 Å². The van der Waals surface area contributed by atoms with E-state index in [2.05, 4.69) is 27.4 Å². The number of carbonyl (C=O) groups is 2. The summed E-state index contributed by atoms with van der Waals surface area (Å²) in [5, 5.41) is 15.4. The second-order valence-electron chi connectivity index (χ2n) is 7.10. The molecule has 7 nitrogen and oxygen atoms in total. The van der Waals surface area contributed by atoms with Crippen molar-refractivity contribution in [1.29, 1.82) is 0 Å². The van der Waals surface area contributed by atoms with Crippen LogP contribution in [0.4, 0.5) is 5.69 Å². The van der Waals surface area contributed by atoms with Gasteiger partial charge in [-0.2, -0.15) is 0 Å². The lowest BCUT2D eigenvalue weighted by Crippen LogP contribution is -2.28. The summed E-state index contributed by atoms with van der Waals surface area (Å²) in [6.07, 6.45) is 1.72. The number of aromatic nitrogens is 3. The maximum Gasteiger partial charge on any atom is 0.251 e. The smallest absolute Gasteiger partial charge is 0.251 e. The van der Waals surface area contributed by atoms with Crippen molar-refractivity contribution in [2.24, 2.45) is 0 Å². The molecule has 32 heavy (non-hydrogen) atoms. The number of hydrogen-bond acceptors (Lipinski definition) is 5. The number of hydrogen-bond donors (Lipinski definition) is 2. The largest absolute Gasteiger partial charge is 0.342 e. The first-order valence-electron chi connectivity index (χ1n) is 9.97. The van der Waals surface area contributed by atoms with E-state index in [1.165, 1.54) is 11.8 Å². The van der Waals surface area contributed by atoms with Gasteiger partial charge in [0.25, 0.3) is 5.91 Å². The minimum absolute atomic E-state index is 0.144. The van der Waals surface area contributed by atoms with Gasteiger partial charge in [0, 0.05) is 22.8 Å². The lowest BCUT2D eigenvalue weighted by molar-refractivity contribution is -0.113. The zero-order valence-corrected chi connectivity index (χ0v) is 19.4. The number of anilines is 1. The number of rotatable bonds is 9. The number of nitrogens with one attached hydrogen (secondary N) is 2. The number of nitrogens with zero attached hydrogens (tertiary/aromatic N) is 3. The summed E-state index contributed by atoms with van der Waals surface area (Å²) < 4.78 is 1.84. The van der Waals surface area contributed by atoms with Crippen LogP contribution in [0.1, 0.15) is 34.7 Å². The van der Waals surface area contributed by atoms with E-state index in [4.69, 9.17) is 11.6 Å². The highest BCUT2D eigenvalue weighted by molar-refractivity contribution is 7.99. The molecule has 166 valence electrons. The molecule has 0 aliphatic carbocycles. The number of thioether (sulfide) groups is 1. The normalized spacial score (nSPS) is 11.6. The number of benzene rings is 2. The second kappa shape index (κ2) is 11.0. The van der Waals surface area contributed by atoms with Gasteiger partial charge in [0.15, 0.2) is 11.0 Å². The molecule has 0 radical (unpaired) electrons. The third kappa shape index (κ3) is 5.99. The van der Waals surface area contributed by atoms with Crippen LogP contribution in [-0.2, 0) is 11.3 Å². The fourth-order valence-corrected chi connectivity index (χ4v) is 3.90. The predicted molar refractivity (Wildman–Crippen MR) is 128 cm³/mol. The molecule has 3 aromatic rings. The number of aryl methyl sites for hydroxylation is 1. The van der Waals surface area contributed by atoms with Crippen molar-refractivity contribution in [3.05, 3.63) is 83.2 Å². The minimum atomic E-state index is -0.381. The van der Waals surface area contributed by atoms with E-state index in [1.54, 1.807) is 30.3 Å². The summed E-state index contributed by atoms with van der Waals surface area (Å²) >= 11 is 7.37. The average molecular weight is 470 g/mol. The zero-order chi connectivity index (χ0) is 23.1. The third-order valence-corrected chi connectivity index (χ3v) is 5.99. The van der Waals surface area contributed by atoms with Crippen LogP contribution >= 0.6 is 23.4 Å². The van der Waals surface area contributed by atoms with Gasteiger partial charge in [-0.1, -0.05) is 53.7 Å². The fraction of sp³-hybridized carbons (Fsp3) is 0.217. The zero-order valence-electron chi connectivity index (χ0n) is 17.8. The van der Waals surface area contributed by atoms with E-state index in [-0.39, 0.29) is 23.6 Å². The van der Waals surface area contributed by atoms with Crippen molar-refractivity contribution in [3.8, 4) is 0 Å². The maximum atomic E-state index is 12.5. The third-order valence-electron chi connectivity index (χ3n) is 4.62. The molecule has 1 atom stereocenters. The van der Waals surface area contributed by atoms with Crippen LogP contribution in [0, 0.1) is 6.92 Å². The molecule has 1 heterocycles. The lowest BCUT2D eigenvalue weighted by Gasteiger charge is -2.15. The number of allylic oxidation sites excluding steroid dienone is 1. The van der Waals surface area contributed by atoms with Crippen molar-refractivity contribution in [2.75, 3.05) is 11.1 Å². The standard InChI is InChI=1S/C23H24ClN5O2S/c1-4-12-29-21(16(3)25-22(31)17-8-6-5-7-9-17)27-28-23(29)32-14-20(30)26-18-11-10-15(2)19(24)13-18/h4-11,13,16H,1,12,14H2,2-3H3,(H,25,31)(H,26,30)/t16-/m0/s1. The van der Waals surface area contributed by atoms with Crippen LogP contribution in [0.5, 0.6) is 0 Å². The maximum absolute atomic E-state index is 12.5. The molecule has 0 bridgehead atoms. The van der Waals surface area contributed by atoms with Gasteiger partial charge in [0.1, 0.15) is 0 Å². The first-order chi connectivity index (χ1) is 15.4.